The van der Waals surface area contributed by atoms with Crippen LogP contribution in [0.2, 0.25) is 0 Å². The topological polar surface area (TPSA) is 71.1 Å². The lowest BCUT2D eigenvalue weighted by Gasteiger charge is -2.30. The van der Waals surface area contributed by atoms with Gasteiger partial charge in [0, 0.05) is 0 Å². The summed E-state index contributed by atoms with van der Waals surface area (Å²) in [7, 11) is 2.39. The van der Waals surface area contributed by atoms with Gasteiger partial charge in [0.2, 0.25) is 5.41 Å². The third-order valence-corrected chi connectivity index (χ3v) is 2.02. The van der Waals surface area contributed by atoms with Crippen molar-refractivity contribution in [2.45, 2.75) is 0 Å². The van der Waals surface area contributed by atoms with Gasteiger partial charge in [-0.15, -0.1) is 0 Å². The highest BCUT2D eigenvalue weighted by atomic mass is 16.7. The van der Waals surface area contributed by atoms with Crippen molar-refractivity contribution in [2.24, 2.45) is 5.41 Å². The van der Waals surface area contributed by atoms with Crippen LogP contribution in [0.25, 0.3) is 0 Å². The van der Waals surface area contributed by atoms with Gasteiger partial charge in [-0.05, 0) is 0 Å². The Morgan fingerprint density at radius 2 is 1.50 bits per heavy atom. The molecule has 0 unspecified atom stereocenters. The lowest BCUT2D eigenvalue weighted by molar-refractivity contribution is -0.205. The molecule has 6 nitrogen and oxygen atoms in total. The van der Waals surface area contributed by atoms with E-state index in [4.69, 9.17) is 9.47 Å². The molecule has 1 aliphatic rings. The quantitative estimate of drug-likeness (QED) is 0.438. The fraction of sp³-hybridized carbons (Fsp3) is 0.750. The molecule has 1 fully saturated rings. The Morgan fingerprint density at radius 3 is 1.86 bits per heavy atom. The minimum absolute atomic E-state index is 0.0652. The summed E-state index contributed by atoms with van der Waals surface area (Å²) in [6.07, 6.45) is 0. The zero-order valence-electron chi connectivity index (χ0n) is 8.07. The van der Waals surface area contributed by atoms with Gasteiger partial charge in [-0.2, -0.15) is 0 Å². The second-order valence-corrected chi connectivity index (χ2v) is 2.88. The molecule has 0 radical (unpaired) electrons. The minimum Gasteiger partial charge on any atom is -0.468 e. The second-order valence-electron chi connectivity index (χ2n) is 2.88. The first-order valence-corrected chi connectivity index (χ1v) is 3.99. The molecule has 0 aromatic heterocycles. The Kier molecular flexibility index (Phi) is 3.43. The first-order chi connectivity index (χ1) is 6.67. The summed E-state index contributed by atoms with van der Waals surface area (Å²) in [6, 6.07) is 0. The van der Waals surface area contributed by atoms with E-state index in [9.17, 15) is 9.59 Å². The highest BCUT2D eigenvalue weighted by molar-refractivity contribution is 6.00. The molecule has 0 aromatic rings. The zero-order chi connectivity index (χ0) is 10.6. The van der Waals surface area contributed by atoms with Crippen LogP contribution in [-0.4, -0.2) is 46.2 Å². The lowest BCUT2D eigenvalue weighted by Crippen LogP contribution is -2.51. The largest absolute Gasteiger partial charge is 0.468 e. The van der Waals surface area contributed by atoms with Crippen molar-refractivity contribution in [3.05, 3.63) is 0 Å². The Labute approximate surface area is 81.1 Å². The van der Waals surface area contributed by atoms with Gasteiger partial charge in [-0.25, -0.2) is 0 Å². The summed E-state index contributed by atoms with van der Waals surface area (Å²) in [5.74, 6) is -1.41. The summed E-state index contributed by atoms with van der Waals surface area (Å²) in [5, 5.41) is 0. The van der Waals surface area contributed by atoms with Crippen molar-refractivity contribution in [2.75, 3.05) is 34.2 Å². The monoisotopic (exact) mass is 204 g/mol. The van der Waals surface area contributed by atoms with E-state index in [1.54, 1.807) is 0 Å². The summed E-state index contributed by atoms with van der Waals surface area (Å²) in [6.45, 7) is -0.0889. The number of methoxy groups -OCH3 is 2. The van der Waals surface area contributed by atoms with Gasteiger partial charge in [0.1, 0.15) is 6.79 Å². The Morgan fingerprint density at radius 1 is 1.07 bits per heavy atom. The SMILES string of the molecule is COC(=O)C1(C(=O)OC)COCOC1. The smallest absolute Gasteiger partial charge is 0.328 e. The predicted molar refractivity (Wildman–Crippen MR) is 43.2 cm³/mol. The minimum atomic E-state index is -1.47. The molecule has 0 aliphatic carbocycles. The number of esters is 2. The van der Waals surface area contributed by atoms with Crippen molar-refractivity contribution in [3.63, 3.8) is 0 Å². The zero-order valence-corrected chi connectivity index (χ0v) is 8.07. The molecular weight excluding hydrogens is 192 g/mol. The molecule has 80 valence electrons. The van der Waals surface area contributed by atoms with Crippen molar-refractivity contribution >= 4 is 11.9 Å². The third kappa shape index (κ3) is 1.71. The molecule has 0 bridgehead atoms. The van der Waals surface area contributed by atoms with Crippen LogP contribution in [-0.2, 0) is 28.5 Å². The van der Waals surface area contributed by atoms with E-state index in [0.29, 0.717) is 0 Å². The van der Waals surface area contributed by atoms with E-state index < -0.39 is 17.4 Å². The normalized spacial score (nSPS) is 19.9. The Hall–Kier alpha value is -1.14. The average molecular weight is 204 g/mol. The molecule has 0 N–H and O–H groups in total. The molecule has 1 rings (SSSR count). The fourth-order valence-corrected chi connectivity index (χ4v) is 1.24. The first-order valence-electron chi connectivity index (χ1n) is 3.99. The number of ether oxygens (including phenoxy) is 4. The van der Waals surface area contributed by atoms with Crippen LogP contribution in [0.5, 0.6) is 0 Å². The van der Waals surface area contributed by atoms with Gasteiger partial charge < -0.3 is 18.9 Å². The van der Waals surface area contributed by atoms with Crippen molar-refractivity contribution in [1.82, 2.24) is 0 Å². The van der Waals surface area contributed by atoms with E-state index in [1.165, 1.54) is 14.2 Å². The van der Waals surface area contributed by atoms with E-state index in [2.05, 4.69) is 9.47 Å². The first kappa shape index (κ1) is 10.9. The predicted octanol–water partition coefficient (Wildman–Crippen LogP) is -0.677. The number of carbonyl (C=O) groups excluding carboxylic acids is 2. The van der Waals surface area contributed by atoms with Crippen molar-refractivity contribution in [1.29, 1.82) is 0 Å². The summed E-state index contributed by atoms with van der Waals surface area (Å²) in [5.41, 5.74) is -1.47. The van der Waals surface area contributed by atoms with Gasteiger partial charge in [0.05, 0.1) is 27.4 Å². The molecule has 14 heavy (non-hydrogen) atoms. The van der Waals surface area contributed by atoms with Gasteiger partial charge in [0.15, 0.2) is 0 Å². The maximum absolute atomic E-state index is 11.4. The van der Waals surface area contributed by atoms with Crippen LogP contribution < -0.4 is 0 Å². The summed E-state index contributed by atoms with van der Waals surface area (Å²) >= 11 is 0. The van der Waals surface area contributed by atoms with Crippen LogP contribution in [0.15, 0.2) is 0 Å². The molecule has 0 aromatic carbocycles. The second kappa shape index (κ2) is 4.39. The molecule has 0 amide bonds. The maximum atomic E-state index is 11.4. The molecule has 1 saturated heterocycles. The number of rotatable bonds is 2. The van der Waals surface area contributed by atoms with Gasteiger partial charge in [0.25, 0.3) is 0 Å². The summed E-state index contributed by atoms with van der Waals surface area (Å²) in [4.78, 5) is 22.8. The highest BCUT2D eigenvalue weighted by Crippen LogP contribution is 2.25. The molecule has 6 heteroatoms. The van der Waals surface area contributed by atoms with Gasteiger partial charge >= 0.3 is 11.9 Å². The van der Waals surface area contributed by atoms with Crippen LogP contribution in [0.3, 0.4) is 0 Å². The number of hydrogen-bond donors (Lipinski definition) is 0. The van der Waals surface area contributed by atoms with E-state index in [-0.39, 0.29) is 20.0 Å². The van der Waals surface area contributed by atoms with Crippen LogP contribution in [0, 0.1) is 5.41 Å². The summed E-state index contributed by atoms with van der Waals surface area (Å²) < 4.78 is 18.8. The molecular formula is C8H12O6. The number of hydrogen-bond acceptors (Lipinski definition) is 6. The fourth-order valence-electron chi connectivity index (χ4n) is 1.24. The van der Waals surface area contributed by atoms with Crippen LogP contribution >= 0.6 is 0 Å². The molecule has 1 aliphatic heterocycles. The molecule has 1 heterocycles. The van der Waals surface area contributed by atoms with Crippen LogP contribution in [0.1, 0.15) is 0 Å². The molecule has 0 atom stereocenters. The van der Waals surface area contributed by atoms with E-state index in [0.717, 1.165) is 0 Å². The van der Waals surface area contributed by atoms with Gasteiger partial charge in [-0.1, -0.05) is 0 Å². The highest BCUT2D eigenvalue weighted by Gasteiger charge is 2.51. The maximum Gasteiger partial charge on any atom is 0.328 e. The van der Waals surface area contributed by atoms with Crippen LogP contribution in [0.4, 0.5) is 0 Å². The Balaban J connectivity index is 2.87. The van der Waals surface area contributed by atoms with E-state index >= 15 is 0 Å². The number of carbonyl (C=O) groups is 2. The van der Waals surface area contributed by atoms with E-state index in [1.807, 2.05) is 0 Å². The van der Waals surface area contributed by atoms with Crippen molar-refractivity contribution < 1.29 is 28.5 Å². The molecule has 0 spiro atoms. The lowest BCUT2D eigenvalue weighted by atomic mass is 9.90. The third-order valence-electron chi connectivity index (χ3n) is 2.02. The van der Waals surface area contributed by atoms with Gasteiger partial charge in [-0.3, -0.25) is 9.59 Å². The average Bonchev–Trinajstić information content (AvgIpc) is 2.27. The standard InChI is InChI=1S/C8H12O6/c1-11-6(9)8(7(10)12-2)3-13-5-14-4-8/h3-5H2,1-2H3. The van der Waals surface area contributed by atoms with Crippen molar-refractivity contribution in [3.8, 4) is 0 Å². The Bertz CT molecular complexity index is 212. The molecule has 0 saturated carbocycles.